The Labute approximate surface area is 58.0 Å². The highest BCUT2D eigenvalue weighted by molar-refractivity contribution is 4.94. The Morgan fingerprint density at radius 3 is 2.78 bits per heavy atom. The lowest BCUT2D eigenvalue weighted by molar-refractivity contribution is 0.818. The molecule has 0 aromatic rings. The predicted octanol–water partition coefficient (Wildman–Crippen LogP) is 2.76. The Balaban J connectivity index is 3.09. The van der Waals surface area contributed by atoms with Gasteiger partial charge in [0.1, 0.15) is 0 Å². The fourth-order valence-corrected chi connectivity index (χ4v) is 0.617. The first-order valence-electron chi connectivity index (χ1n) is 3.41. The average Bonchev–Trinajstić information content (AvgIpc) is 1.89. The summed E-state index contributed by atoms with van der Waals surface area (Å²) >= 11 is 0. The Hall–Kier alpha value is -0.700. The van der Waals surface area contributed by atoms with Crippen LogP contribution < -0.4 is 0 Å². The van der Waals surface area contributed by atoms with Crippen molar-refractivity contribution in [2.75, 3.05) is 0 Å². The molecule has 0 bridgehead atoms. The molecule has 0 aliphatic heterocycles. The average molecular weight is 122 g/mol. The lowest BCUT2D eigenvalue weighted by Crippen LogP contribution is -1.77. The highest BCUT2D eigenvalue weighted by atomic mass is 13.9. The summed E-state index contributed by atoms with van der Waals surface area (Å²) in [6.07, 6.45) is 9.25. The molecule has 0 aliphatic carbocycles. The number of hydrogen-bond donors (Lipinski definition) is 0. The van der Waals surface area contributed by atoms with Crippen LogP contribution in [-0.4, -0.2) is 0 Å². The fourth-order valence-electron chi connectivity index (χ4n) is 0.617. The second-order valence-electron chi connectivity index (χ2n) is 2.16. The molecule has 0 nitrogen and oxygen atoms in total. The molecular weight excluding hydrogens is 108 g/mol. The lowest BCUT2D eigenvalue weighted by atomic mass is 10.1. The van der Waals surface area contributed by atoms with Gasteiger partial charge in [-0.25, -0.2) is 0 Å². The van der Waals surface area contributed by atoms with Crippen molar-refractivity contribution in [1.82, 2.24) is 0 Å². The molecule has 0 rings (SSSR count). The van der Waals surface area contributed by atoms with Gasteiger partial charge in [0.05, 0.1) is 0 Å². The minimum atomic E-state index is 0.888. The topological polar surface area (TPSA) is 0 Å². The number of terminal acetylenes is 1. The Morgan fingerprint density at radius 2 is 2.33 bits per heavy atom. The maximum absolute atomic E-state index is 5.08. The summed E-state index contributed by atoms with van der Waals surface area (Å²) in [5.74, 6) is 2.61. The first-order chi connectivity index (χ1) is 4.31. The van der Waals surface area contributed by atoms with Crippen molar-refractivity contribution in [2.45, 2.75) is 32.6 Å². The van der Waals surface area contributed by atoms with Crippen molar-refractivity contribution < 1.29 is 0 Å². The van der Waals surface area contributed by atoms with E-state index in [4.69, 9.17) is 6.42 Å². The molecule has 0 aromatic carbocycles. The fraction of sp³-hybridized carbons (Fsp3) is 0.556. The first-order valence-corrected chi connectivity index (χ1v) is 3.41. The molecule has 0 fully saturated rings. The van der Waals surface area contributed by atoms with Crippen molar-refractivity contribution in [2.24, 2.45) is 0 Å². The van der Waals surface area contributed by atoms with Gasteiger partial charge in [-0.1, -0.05) is 19.1 Å². The molecule has 0 aromatic heterocycles. The Kier molecular flexibility index (Phi) is 5.01. The summed E-state index contributed by atoms with van der Waals surface area (Å²) in [6.45, 7) is 6.00. The molecule has 0 N–H and O–H groups in total. The van der Waals surface area contributed by atoms with E-state index >= 15 is 0 Å². The first kappa shape index (κ1) is 8.30. The van der Waals surface area contributed by atoms with Gasteiger partial charge < -0.3 is 0 Å². The molecule has 50 valence electrons. The van der Waals surface area contributed by atoms with E-state index in [9.17, 15) is 0 Å². The van der Waals surface area contributed by atoms with Crippen molar-refractivity contribution >= 4 is 0 Å². The van der Waals surface area contributed by atoms with Gasteiger partial charge in [-0.2, -0.15) is 0 Å². The minimum Gasteiger partial charge on any atom is -0.120 e. The lowest BCUT2D eigenvalue weighted by Gasteiger charge is -1.96. The van der Waals surface area contributed by atoms with Gasteiger partial charge in [0, 0.05) is 6.42 Å². The summed E-state index contributed by atoms with van der Waals surface area (Å²) in [6, 6.07) is 0. The number of unbranched alkanes of at least 4 members (excludes halogenated alkanes) is 1. The van der Waals surface area contributed by atoms with Crippen LogP contribution in [0.5, 0.6) is 0 Å². The number of hydrogen-bond acceptors (Lipinski definition) is 0. The van der Waals surface area contributed by atoms with Gasteiger partial charge in [0.15, 0.2) is 0 Å². The molecule has 0 spiro atoms. The molecule has 0 amide bonds. The maximum atomic E-state index is 5.08. The summed E-state index contributed by atoms with van der Waals surface area (Å²) < 4.78 is 0. The summed E-state index contributed by atoms with van der Waals surface area (Å²) in [5, 5.41) is 0. The summed E-state index contributed by atoms with van der Waals surface area (Å²) in [5.41, 5.74) is 1.31. The third-order valence-corrected chi connectivity index (χ3v) is 1.35. The van der Waals surface area contributed by atoms with Gasteiger partial charge in [-0.3, -0.25) is 0 Å². The molecule has 0 saturated heterocycles. The second kappa shape index (κ2) is 5.44. The van der Waals surface area contributed by atoms with Crippen LogP contribution in [0.1, 0.15) is 32.6 Å². The summed E-state index contributed by atoms with van der Waals surface area (Å²) in [7, 11) is 0. The van der Waals surface area contributed by atoms with Crippen LogP contribution in [0.2, 0.25) is 0 Å². The largest absolute Gasteiger partial charge is 0.120 e. The molecule has 0 saturated carbocycles. The van der Waals surface area contributed by atoms with Gasteiger partial charge >= 0.3 is 0 Å². The van der Waals surface area contributed by atoms with Crippen LogP contribution in [0, 0.1) is 12.3 Å². The molecule has 9 heavy (non-hydrogen) atoms. The van der Waals surface area contributed by atoms with E-state index < -0.39 is 0 Å². The van der Waals surface area contributed by atoms with Crippen molar-refractivity contribution in [3.63, 3.8) is 0 Å². The van der Waals surface area contributed by atoms with E-state index in [0.29, 0.717) is 0 Å². The van der Waals surface area contributed by atoms with Crippen molar-refractivity contribution in [3.8, 4) is 12.3 Å². The smallest absolute Gasteiger partial charge is 0.00891 e. The van der Waals surface area contributed by atoms with Crippen LogP contribution in [0.4, 0.5) is 0 Å². The second-order valence-corrected chi connectivity index (χ2v) is 2.16. The van der Waals surface area contributed by atoms with Crippen molar-refractivity contribution in [3.05, 3.63) is 12.2 Å². The Morgan fingerprint density at radius 1 is 1.67 bits per heavy atom. The van der Waals surface area contributed by atoms with Crippen LogP contribution in [0.25, 0.3) is 0 Å². The molecule has 0 heterocycles. The van der Waals surface area contributed by atoms with E-state index in [2.05, 4.69) is 19.4 Å². The van der Waals surface area contributed by atoms with E-state index in [1.807, 2.05) is 0 Å². The van der Waals surface area contributed by atoms with E-state index in [-0.39, 0.29) is 0 Å². The highest BCUT2D eigenvalue weighted by Crippen LogP contribution is 2.06. The highest BCUT2D eigenvalue weighted by Gasteiger charge is 1.87. The molecule has 0 radical (unpaired) electrons. The quantitative estimate of drug-likeness (QED) is 0.305. The Bertz CT molecular complexity index is 114. The van der Waals surface area contributed by atoms with Gasteiger partial charge in [0.2, 0.25) is 0 Å². The maximum Gasteiger partial charge on any atom is 0.00891 e. The molecule has 0 atom stereocenters. The van der Waals surface area contributed by atoms with E-state index in [1.165, 1.54) is 5.57 Å². The predicted molar refractivity (Wildman–Crippen MR) is 42.1 cm³/mol. The zero-order valence-corrected chi connectivity index (χ0v) is 6.11. The van der Waals surface area contributed by atoms with Crippen LogP contribution in [-0.2, 0) is 0 Å². The number of allylic oxidation sites excluding steroid dienone is 1. The zero-order chi connectivity index (χ0) is 7.11. The van der Waals surface area contributed by atoms with Crippen LogP contribution in [0.15, 0.2) is 12.2 Å². The molecule has 0 heteroatoms. The SMILES string of the molecule is C#CCCCC(=C)CC. The standard InChI is InChI=1S/C9H14/c1-4-6-7-8-9(3)5-2/h1H,3,5-8H2,2H3. The van der Waals surface area contributed by atoms with E-state index in [1.54, 1.807) is 0 Å². The monoisotopic (exact) mass is 122 g/mol. The van der Waals surface area contributed by atoms with Crippen LogP contribution >= 0.6 is 0 Å². The summed E-state index contributed by atoms with van der Waals surface area (Å²) in [4.78, 5) is 0. The van der Waals surface area contributed by atoms with Gasteiger partial charge in [0.25, 0.3) is 0 Å². The zero-order valence-electron chi connectivity index (χ0n) is 6.11. The molecule has 0 unspecified atom stereocenters. The third kappa shape index (κ3) is 5.17. The molecular formula is C9H14. The van der Waals surface area contributed by atoms with Gasteiger partial charge in [-0.15, -0.1) is 12.3 Å². The third-order valence-electron chi connectivity index (χ3n) is 1.35. The molecule has 0 aliphatic rings. The van der Waals surface area contributed by atoms with Crippen LogP contribution in [0.3, 0.4) is 0 Å². The van der Waals surface area contributed by atoms with Gasteiger partial charge in [-0.05, 0) is 19.3 Å². The number of rotatable bonds is 4. The van der Waals surface area contributed by atoms with Crippen molar-refractivity contribution in [1.29, 1.82) is 0 Å². The minimum absolute atomic E-state index is 0.888. The normalized spacial score (nSPS) is 8.44. The van der Waals surface area contributed by atoms with E-state index in [0.717, 1.165) is 25.7 Å².